The number of ether oxygens (including phenoxy) is 1. The highest BCUT2D eigenvalue weighted by Crippen LogP contribution is 2.40. The van der Waals surface area contributed by atoms with Gasteiger partial charge in [0.2, 0.25) is 0 Å². The van der Waals surface area contributed by atoms with Crippen LogP contribution in [0.2, 0.25) is 0 Å². The molecule has 0 amide bonds. The molecule has 0 unspecified atom stereocenters. The quantitative estimate of drug-likeness (QED) is 0.567. The minimum Gasteiger partial charge on any atom is -0.497 e. The molecule has 1 aromatic heterocycles. The van der Waals surface area contributed by atoms with Crippen molar-refractivity contribution in [3.05, 3.63) is 58.1 Å². The van der Waals surface area contributed by atoms with Gasteiger partial charge in [0.05, 0.1) is 22.9 Å². The monoisotopic (exact) mass is 314 g/mol. The lowest BCUT2D eigenvalue weighted by atomic mass is 10.2. The van der Waals surface area contributed by atoms with Gasteiger partial charge in [-0.3, -0.25) is 10.1 Å². The van der Waals surface area contributed by atoms with E-state index in [0.717, 1.165) is 10.5 Å². The normalized spacial score (nSPS) is 10.8. The van der Waals surface area contributed by atoms with Crippen molar-refractivity contribution in [1.29, 1.82) is 0 Å². The molecule has 0 aliphatic heterocycles. The first-order valence-corrected chi connectivity index (χ1v) is 7.49. The summed E-state index contributed by atoms with van der Waals surface area (Å²) in [6.07, 6.45) is 0. The summed E-state index contributed by atoms with van der Waals surface area (Å²) >= 11 is 1.35. The third-order valence-electron chi connectivity index (χ3n) is 3.37. The second-order valence-corrected chi connectivity index (χ2v) is 5.97. The summed E-state index contributed by atoms with van der Waals surface area (Å²) in [7, 11) is 1.57. The molecule has 2 aromatic carbocycles. The lowest BCUT2D eigenvalue weighted by Crippen LogP contribution is -1.88. The highest BCUT2D eigenvalue weighted by molar-refractivity contribution is 7.99. The predicted molar refractivity (Wildman–Crippen MR) is 86.8 cm³/mol. The van der Waals surface area contributed by atoms with E-state index in [1.54, 1.807) is 25.3 Å². The van der Waals surface area contributed by atoms with Crippen LogP contribution in [0.3, 0.4) is 0 Å². The van der Waals surface area contributed by atoms with Crippen LogP contribution in [-0.4, -0.2) is 17.0 Å². The fourth-order valence-corrected chi connectivity index (χ4v) is 3.19. The number of aromatic amines is 1. The van der Waals surface area contributed by atoms with Crippen molar-refractivity contribution in [1.82, 2.24) is 4.98 Å². The molecule has 0 saturated carbocycles. The summed E-state index contributed by atoms with van der Waals surface area (Å²) in [5, 5.41) is 12.5. The molecule has 0 spiro atoms. The third-order valence-corrected chi connectivity index (χ3v) is 4.38. The molecule has 0 bridgehead atoms. The number of nitro groups is 1. The maximum atomic E-state index is 11.4. The molecule has 22 heavy (non-hydrogen) atoms. The zero-order valence-electron chi connectivity index (χ0n) is 12.1. The Labute approximate surface area is 131 Å². The number of methoxy groups -OCH3 is 1. The average molecular weight is 314 g/mol. The number of nitrogens with one attached hydrogen (secondary N) is 1. The number of aryl methyl sites for hydroxylation is 1. The van der Waals surface area contributed by atoms with Crippen LogP contribution in [0.4, 0.5) is 5.69 Å². The largest absolute Gasteiger partial charge is 0.497 e. The lowest BCUT2D eigenvalue weighted by molar-refractivity contribution is -0.386. The van der Waals surface area contributed by atoms with Crippen LogP contribution in [0.15, 0.2) is 52.4 Å². The Bertz CT molecular complexity index is 840. The van der Waals surface area contributed by atoms with Crippen LogP contribution >= 0.6 is 11.8 Å². The van der Waals surface area contributed by atoms with E-state index in [-0.39, 0.29) is 10.6 Å². The Kier molecular flexibility index (Phi) is 3.77. The van der Waals surface area contributed by atoms with E-state index in [9.17, 15) is 10.1 Å². The third kappa shape index (κ3) is 2.65. The van der Waals surface area contributed by atoms with Crippen LogP contribution in [-0.2, 0) is 0 Å². The number of hydrogen-bond acceptors (Lipinski definition) is 4. The average Bonchev–Trinajstić information content (AvgIpc) is 2.86. The summed E-state index contributed by atoms with van der Waals surface area (Å²) in [6.45, 7) is 2.01. The van der Waals surface area contributed by atoms with Crippen molar-refractivity contribution in [3.63, 3.8) is 0 Å². The summed E-state index contributed by atoms with van der Waals surface area (Å²) in [5.74, 6) is 0.663. The van der Waals surface area contributed by atoms with E-state index < -0.39 is 0 Å². The summed E-state index contributed by atoms with van der Waals surface area (Å²) in [6, 6.07) is 13.1. The molecule has 0 aliphatic rings. The molecule has 0 fully saturated rings. The summed E-state index contributed by atoms with van der Waals surface area (Å²) in [5.41, 5.74) is 1.95. The van der Waals surface area contributed by atoms with Crippen molar-refractivity contribution in [2.75, 3.05) is 7.11 Å². The first-order chi connectivity index (χ1) is 10.6. The standard InChI is InChI=1S/C16H14N2O3S/c1-10-3-6-12(7-4-10)22-16-15(18(19)20)13-8-5-11(21-2)9-14(13)17-16/h3-9,17H,1-2H3. The highest BCUT2D eigenvalue weighted by Gasteiger charge is 2.23. The van der Waals surface area contributed by atoms with E-state index in [1.165, 1.54) is 11.8 Å². The topological polar surface area (TPSA) is 68.2 Å². The fourth-order valence-electron chi connectivity index (χ4n) is 2.24. The zero-order valence-corrected chi connectivity index (χ0v) is 12.9. The number of H-pyrrole nitrogens is 1. The fraction of sp³-hybridized carbons (Fsp3) is 0.125. The van der Waals surface area contributed by atoms with E-state index in [0.29, 0.717) is 21.7 Å². The first-order valence-electron chi connectivity index (χ1n) is 6.67. The SMILES string of the molecule is COc1ccc2c([N+](=O)[O-])c(Sc3ccc(C)cc3)[nH]c2c1. The number of benzene rings is 2. The molecule has 0 aliphatic carbocycles. The molecule has 1 heterocycles. The molecule has 3 aromatic rings. The molecule has 3 rings (SSSR count). The molecule has 5 nitrogen and oxygen atoms in total. The molecule has 0 radical (unpaired) electrons. The second kappa shape index (κ2) is 5.73. The number of hydrogen-bond donors (Lipinski definition) is 1. The Balaban J connectivity index is 2.09. The first kappa shape index (κ1) is 14.5. The van der Waals surface area contributed by atoms with Gasteiger partial charge >= 0.3 is 5.69 Å². The van der Waals surface area contributed by atoms with Crippen molar-refractivity contribution in [3.8, 4) is 5.75 Å². The van der Waals surface area contributed by atoms with E-state index in [1.807, 2.05) is 31.2 Å². The summed E-state index contributed by atoms with van der Waals surface area (Å²) in [4.78, 5) is 15.2. The highest BCUT2D eigenvalue weighted by atomic mass is 32.2. The molecule has 1 N–H and O–H groups in total. The smallest absolute Gasteiger partial charge is 0.308 e. The Morgan fingerprint density at radius 1 is 1.18 bits per heavy atom. The minimum atomic E-state index is -0.345. The van der Waals surface area contributed by atoms with Crippen molar-refractivity contribution in [2.24, 2.45) is 0 Å². The van der Waals surface area contributed by atoms with Crippen molar-refractivity contribution < 1.29 is 9.66 Å². The second-order valence-electron chi connectivity index (χ2n) is 4.89. The Hall–Kier alpha value is -2.47. The summed E-state index contributed by atoms with van der Waals surface area (Å²) < 4.78 is 5.17. The van der Waals surface area contributed by atoms with Crippen LogP contribution in [0, 0.1) is 17.0 Å². The van der Waals surface area contributed by atoms with Gasteiger partial charge in [-0.05, 0) is 31.2 Å². The van der Waals surface area contributed by atoms with E-state index in [4.69, 9.17) is 4.74 Å². The Morgan fingerprint density at radius 3 is 2.55 bits per heavy atom. The van der Waals surface area contributed by atoms with E-state index >= 15 is 0 Å². The van der Waals surface area contributed by atoms with Gasteiger partial charge < -0.3 is 9.72 Å². The van der Waals surface area contributed by atoms with Crippen LogP contribution in [0.5, 0.6) is 5.75 Å². The van der Waals surface area contributed by atoms with Gasteiger partial charge in [-0.2, -0.15) is 0 Å². The van der Waals surface area contributed by atoms with Gasteiger partial charge in [0.25, 0.3) is 0 Å². The van der Waals surface area contributed by atoms with Gasteiger partial charge in [-0.1, -0.05) is 29.5 Å². The molecule has 0 atom stereocenters. The van der Waals surface area contributed by atoms with E-state index in [2.05, 4.69) is 4.98 Å². The van der Waals surface area contributed by atoms with Crippen LogP contribution in [0.25, 0.3) is 10.9 Å². The van der Waals surface area contributed by atoms with Crippen LogP contribution in [0.1, 0.15) is 5.56 Å². The minimum absolute atomic E-state index is 0.100. The molecular weight excluding hydrogens is 300 g/mol. The molecular formula is C16H14N2O3S. The maximum absolute atomic E-state index is 11.4. The lowest BCUT2D eigenvalue weighted by Gasteiger charge is -1.99. The van der Waals surface area contributed by atoms with Gasteiger partial charge in [-0.15, -0.1) is 0 Å². The van der Waals surface area contributed by atoms with Gasteiger partial charge in [-0.25, -0.2) is 0 Å². The van der Waals surface area contributed by atoms with Gasteiger partial charge in [0.15, 0.2) is 5.03 Å². The Morgan fingerprint density at radius 2 is 1.91 bits per heavy atom. The molecule has 0 saturated heterocycles. The van der Waals surface area contributed by atoms with Gasteiger partial charge in [0.1, 0.15) is 5.75 Å². The number of aromatic nitrogens is 1. The van der Waals surface area contributed by atoms with Gasteiger partial charge in [0, 0.05) is 11.0 Å². The predicted octanol–water partition coefficient (Wildman–Crippen LogP) is 4.54. The molecule has 6 heteroatoms. The number of nitrogens with zero attached hydrogens (tertiary/aromatic N) is 1. The molecule has 112 valence electrons. The number of fused-ring (bicyclic) bond motifs is 1. The maximum Gasteiger partial charge on any atom is 0.308 e. The van der Waals surface area contributed by atoms with Crippen molar-refractivity contribution in [2.45, 2.75) is 16.8 Å². The zero-order chi connectivity index (χ0) is 15.7. The number of rotatable bonds is 4. The van der Waals surface area contributed by atoms with Crippen LogP contribution < -0.4 is 4.74 Å². The van der Waals surface area contributed by atoms with Crippen molar-refractivity contribution >= 4 is 28.4 Å².